The van der Waals surface area contributed by atoms with Gasteiger partial charge in [0.15, 0.2) is 0 Å². The van der Waals surface area contributed by atoms with Gasteiger partial charge in [-0.2, -0.15) is 11.8 Å². The number of ether oxygens (including phenoxy) is 1. The molecule has 0 amide bonds. The highest BCUT2D eigenvalue weighted by atomic mass is 32.2. The van der Waals surface area contributed by atoms with Crippen LogP contribution in [0.2, 0.25) is 0 Å². The van der Waals surface area contributed by atoms with Crippen LogP contribution in [-0.4, -0.2) is 52.8 Å². The van der Waals surface area contributed by atoms with E-state index in [1.54, 1.807) is 19.2 Å². The lowest BCUT2D eigenvalue weighted by molar-refractivity contribution is 0.271. The number of benzene rings is 1. The van der Waals surface area contributed by atoms with E-state index in [-0.39, 0.29) is 0 Å². The molecule has 0 radical (unpaired) electrons. The van der Waals surface area contributed by atoms with Crippen molar-refractivity contribution in [3.05, 3.63) is 23.8 Å². The average molecular weight is 309 g/mol. The van der Waals surface area contributed by atoms with E-state index < -0.39 is 7.12 Å². The van der Waals surface area contributed by atoms with Gasteiger partial charge in [-0.05, 0) is 24.5 Å². The molecule has 21 heavy (non-hydrogen) atoms. The zero-order valence-corrected chi connectivity index (χ0v) is 13.8. The van der Waals surface area contributed by atoms with Gasteiger partial charge in [0, 0.05) is 29.2 Å². The minimum atomic E-state index is -1.44. The van der Waals surface area contributed by atoms with Crippen molar-refractivity contribution in [3.8, 4) is 5.75 Å². The molecule has 1 aliphatic heterocycles. The highest BCUT2D eigenvalue weighted by Crippen LogP contribution is 2.31. The molecule has 1 aromatic carbocycles. The van der Waals surface area contributed by atoms with Gasteiger partial charge in [-0.3, -0.25) is 4.90 Å². The lowest BCUT2D eigenvalue weighted by atomic mass is 9.79. The van der Waals surface area contributed by atoms with Gasteiger partial charge in [0.1, 0.15) is 5.75 Å². The molecule has 1 aliphatic rings. The average Bonchev–Trinajstić information content (AvgIpc) is 2.60. The summed E-state index contributed by atoms with van der Waals surface area (Å²) in [6.07, 6.45) is 1.16. The van der Waals surface area contributed by atoms with Crippen LogP contribution in [0, 0.1) is 0 Å². The number of hydrogen-bond donors (Lipinski definition) is 2. The molecule has 0 spiro atoms. The van der Waals surface area contributed by atoms with Crippen molar-refractivity contribution < 1.29 is 14.8 Å². The van der Waals surface area contributed by atoms with Crippen LogP contribution < -0.4 is 10.2 Å². The van der Waals surface area contributed by atoms with Crippen molar-refractivity contribution >= 4 is 24.3 Å². The summed E-state index contributed by atoms with van der Waals surface area (Å²) < 4.78 is 5.73. The van der Waals surface area contributed by atoms with Gasteiger partial charge in [-0.1, -0.05) is 26.0 Å². The van der Waals surface area contributed by atoms with E-state index in [4.69, 9.17) is 4.74 Å². The van der Waals surface area contributed by atoms with Gasteiger partial charge in [-0.15, -0.1) is 0 Å². The minimum absolute atomic E-state index is 0.335. The second kappa shape index (κ2) is 7.05. The van der Waals surface area contributed by atoms with Gasteiger partial charge in [-0.25, -0.2) is 0 Å². The highest BCUT2D eigenvalue weighted by Gasteiger charge is 2.24. The normalized spacial score (nSPS) is 19.1. The van der Waals surface area contributed by atoms with Gasteiger partial charge in [0.05, 0.1) is 7.11 Å². The zero-order chi connectivity index (χ0) is 15.5. The SMILES string of the molecule is COc1ccc(B(O)O)cc1CN1CCSC(C)(C)CC1. The first-order chi connectivity index (χ1) is 9.91. The Morgan fingerprint density at radius 1 is 1.33 bits per heavy atom. The van der Waals surface area contributed by atoms with Crippen molar-refractivity contribution in [2.45, 2.75) is 31.6 Å². The second-order valence-electron chi connectivity index (χ2n) is 6.08. The maximum Gasteiger partial charge on any atom is 0.488 e. The Morgan fingerprint density at radius 3 is 2.76 bits per heavy atom. The van der Waals surface area contributed by atoms with Crippen LogP contribution in [0.5, 0.6) is 5.75 Å². The Kier molecular flexibility index (Phi) is 5.60. The standard InChI is InChI=1S/C15H24BNO3S/c1-15(2)6-7-17(8-9-21-15)11-12-10-13(16(18)19)4-5-14(12)20-3/h4-5,10,18-19H,6-9,11H2,1-3H3. The molecule has 0 aromatic heterocycles. The fraction of sp³-hybridized carbons (Fsp3) is 0.600. The van der Waals surface area contributed by atoms with Gasteiger partial charge in [0.2, 0.25) is 0 Å². The number of nitrogens with zero attached hydrogens (tertiary/aromatic N) is 1. The van der Waals surface area contributed by atoms with E-state index in [0.717, 1.165) is 43.1 Å². The topological polar surface area (TPSA) is 52.9 Å². The molecule has 1 fully saturated rings. The van der Waals surface area contributed by atoms with Crippen LogP contribution in [0.3, 0.4) is 0 Å². The quantitative estimate of drug-likeness (QED) is 0.816. The summed E-state index contributed by atoms with van der Waals surface area (Å²) in [6.45, 7) is 7.47. The number of hydrogen-bond acceptors (Lipinski definition) is 5. The van der Waals surface area contributed by atoms with Crippen LogP contribution >= 0.6 is 11.8 Å². The molecule has 1 aromatic rings. The van der Waals surface area contributed by atoms with Crippen molar-refractivity contribution in [1.82, 2.24) is 4.90 Å². The fourth-order valence-corrected chi connectivity index (χ4v) is 3.68. The first kappa shape index (κ1) is 16.7. The van der Waals surface area contributed by atoms with Crippen LogP contribution in [0.1, 0.15) is 25.8 Å². The van der Waals surface area contributed by atoms with E-state index in [1.165, 1.54) is 0 Å². The molecule has 0 saturated carbocycles. The summed E-state index contributed by atoms with van der Waals surface area (Å²) in [5.74, 6) is 1.92. The van der Waals surface area contributed by atoms with Gasteiger partial charge >= 0.3 is 7.12 Å². The molecular weight excluding hydrogens is 285 g/mol. The van der Waals surface area contributed by atoms with Gasteiger partial charge in [0.25, 0.3) is 0 Å². The Hall–Kier alpha value is -0.685. The summed E-state index contributed by atoms with van der Waals surface area (Å²) >= 11 is 2.02. The third-order valence-corrected chi connectivity index (χ3v) is 5.30. The Balaban J connectivity index is 2.12. The van der Waals surface area contributed by atoms with Crippen LogP contribution in [0.15, 0.2) is 18.2 Å². The summed E-state index contributed by atoms with van der Waals surface area (Å²) in [7, 11) is 0.211. The number of rotatable bonds is 4. The van der Waals surface area contributed by atoms with E-state index in [0.29, 0.717) is 10.2 Å². The lowest BCUT2D eigenvalue weighted by Crippen LogP contribution is -2.31. The van der Waals surface area contributed by atoms with Crippen molar-refractivity contribution in [2.24, 2.45) is 0 Å². The van der Waals surface area contributed by atoms with Crippen molar-refractivity contribution in [1.29, 1.82) is 0 Å². The third-order valence-electron chi connectivity index (χ3n) is 3.93. The third kappa shape index (κ3) is 4.64. The summed E-state index contributed by atoms with van der Waals surface area (Å²) in [5, 5.41) is 18.7. The number of thioether (sulfide) groups is 1. The highest BCUT2D eigenvalue weighted by molar-refractivity contribution is 8.00. The monoisotopic (exact) mass is 309 g/mol. The van der Waals surface area contributed by atoms with Crippen LogP contribution in [-0.2, 0) is 6.54 Å². The van der Waals surface area contributed by atoms with Gasteiger partial charge < -0.3 is 14.8 Å². The predicted molar refractivity (Wildman–Crippen MR) is 89.3 cm³/mol. The Morgan fingerprint density at radius 2 is 2.10 bits per heavy atom. The number of methoxy groups -OCH3 is 1. The summed E-state index contributed by atoms with van der Waals surface area (Å²) in [4.78, 5) is 2.41. The Labute approximate surface area is 131 Å². The molecule has 0 unspecified atom stereocenters. The van der Waals surface area contributed by atoms with Crippen molar-refractivity contribution in [2.75, 3.05) is 26.0 Å². The molecule has 2 N–H and O–H groups in total. The molecule has 2 rings (SSSR count). The molecule has 116 valence electrons. The van der Waals surface area contributed by atoms with E-state index in [1.807, 2.05) is 17.8 Å². The van der Waals surface area contributed by atoms with Crippen molar-refractivity contribution in [3.63, 3.8) is 0 Å². The van der Waals surface area contributed by atoms with E-state index >= 15 is 0 Å². The molecule has 4 nitrogen and oxygen atoms in total. The van der Waals surface area contributed by atoms with Crippen LogP contribution in [0.25, 0.3) is 0 Å². The maximum atomic E-state index is 9.33. The first-order valence-corrected chi connectivity index (χ1v) is 8.29. The zero-order valence-electron chi connectivity index (χ0n) is 13.0. The molecule has 0 atom stereocenters. The van der Waals surface area contributed by atoms with E-state index in [2.05, 4.69) is 18.7 Å². The maximum absolute atomic E-state index is 9.33. The minimum Gasteiger partial charge on any atom is -0.496 e. The predicted octanol–water partition coefficient (Wildman–Crippen LogP) is 1.09. The molecule has 1 saturated heterocycles. The Bertz CT molecular complexity index is 482. The fourth-order valence-electron chi connectivity index (χ4n) is 2.54. The molecule has 1 heterocycles. The molecular formula is C15H24BNO3S. The van der Waals surface area contributed by atoms with E-state index in [9.17, 15) is 10.0 Å². The lowest BCUT2D eigenvalue weighted by Gasteiger charge is -2.23. The molecule has 0 aliphatic carbocycles. The van der Waals surface area contributed by atoms with Crippen LogP contribution in [0.4, 0.5) is 0 Å². The summed E-state index contributed by atoms with van der Waals surface area (Å²) in [6, 6.07) is 5.32. The molecule has 0 bridgehead atoms. The molecule has 6 heteroatoms. The second-order valence-corrected chi connectivity index (χ2v) is 7.88. The smallest absolute Gasteiger partial charge is 0.488 e. The first-order valence-electron chi connectivity index (χ1n) is 7.30. The summed E-state index contributed by atoms with van der Waals surface area (Å²) in [5.41, 5.74) is 1.52. The largest absolute Gasteiger partial charge is 0.496 e.